The SMILES string of the molecule is Cc1ccc2c3c(ccc2c1)[N+](CCC(C)S(=O)(=O)O)=C(CCC1=C(S(C)(=O)=O)/C(=C/C=C2/N(CCC(C)S(=O)(=O)O)c4ccc5cc(S(=O)(=O)O)ccc5c4C2(C)C)CCC1)C3(C)C. The molecule has 0 amide bonds. The molecule has 0 saturated carbocycles. The third-order valence-electron chi connectivity index (χ3n) is 13.8. The summed E-state index contributed by atoms with van der Waals surface area (Å²) in [5.74, 6) is 0. The zero-order valence-corrected chi connectivity index (χ0v) is 41.3. The standard InChI is InChI=1S/C48H58N2O11S4/c1-30-12-18-38-35(28-30)13-20-40-44(38)47(4,5)42(49(40)26-24-31(2)63(53,54)55)22-15-33-10-9-11-34(46(33)62(8,51)52)16-23-43-48(6,7)45-39-19-17-37(65(59,60)61)29-36(39)14-21-41(45)50(43)27-25-32(3)64(56,57)58/h12-14,16-21,23,28-29,31-32H,9-11,15,22,24-27H2,1-8H3,(H2-,53,54,55,56,57,58,59,60,61)/p+1/b34-16+,43-23+. The number of sulfone groups is 1. The molecule has 0 bridgehead atoms. The van der Waals surface area contributed by atoms with E-state index in [2.05, 4.69) is 48.8 Å². The fourth-order valence-corrected chi connectivity index (χ4v) is 13.0. The van der Waals surface area contributed by atoms with Crippen molar-refractivity contribution in [3.63, 3.8) is 0 Å². The smallest absolute Gasteiger partial charge is 0.294 e. The number of benzene rings is 4. The summed E-state index contributed by atoms with van der Waals surface area (Å²) in [5.41, 5.74) is 6.70. The molecule has 4 aromatic carbocycles. The lowest BCUT2D eigenvalue weighted by molar-refractivity contribution is -0.440. The summed E-state index contributed by atoms with van der Waals surface area (Å²) in [6, 6.07) is 18.4. The molecule has 2 heterocycles. The highest BCUT2D eigenvalue weighted by Gasteiger charge is 2.47. The normalized spacial score (nSPS) is 20.0. The zero-order chi connectivity index (χ0) is 47.8. The fraction of sp³-hybridized carbons (Fsp3) is 0.438. The summed E-state index contributed by atoms with van der Waals surface area (Å²) < 4.78 is 132. The first-order chi connectivity index (χ1) is 30.0. The number of anilines is 1. The van der Waals surface area contributed by atoms with Crippen molar-refractivity contribution < 1.29 is 51.9 Å². The number of rotatable bonds is 14. The quantitative estimate of drug-likeness (QED) is 0.0800. The minimum absolute atomic E-state index is 0.0703. The van der Waals surface area contributed by atoms with Gasteiger partial charge < -0.3 is 4.90 Å². The van der Waals surface area contributed by atoms with E-state index in [9.17, 15) is 47.3 Å². The first kappa shape index (κ1) is 48.7. The van der Waals surface area contributed by atoms with Gasteiger partial charge in [-0.15, -0.1) is 0 Å². The van der Waals surface area contributed by atoms with Gasteiger partial charge in [0.05, 0.1) is 25.7 Å². The Morgan fingerprint density at radius 2 is 1.34 bits per heavy atom. The average molecular weight is 968 g/mol. The van der Waals surface area contributed by atoms with E-state index in [4.69, 9.17) is 0 Å². The molecule has 2 unspecified atom stereocenters. The zero-order valence-electron chi connectivity index (χ0n) is 38.1. The van der Waals surface area contributed by atoms with Crippen LogP contribution in [0.1, 0.15) is 103 Å². The van der Waals surface area contributed by atoms with E-state index >= 15 is 0 Å². The third kappa shape index (κ3) is 9.39. The maximum atomic E-state index is 13.9. The minimum Gasteiger partial charge on any atom is -0.344 e. The maximum Gasteiger partial charge on any atom is 0.294 e. The van der Waals surface area contributed by atoms with Gasteiger partial charge >= 0.3 is 0 Å². The van der Waals surface area contributed by atoms with Crippen molar-refractivity contribution >= 4 is 78.8 Å². The molecule has 0 aromatic heterocycles. The second kappa shape index (κ2) is 17.1. The van der Waals surface area contributed by atoms with Gasteiger partial charge in [0, 0.05) is 54.1 Å². The van der Waals surface area contributed by atoms with Gasteiger partial charge in [0.25, 0.3) is 30.4 Å². The van der Waals surface area contributed by atoms with E-state index < -0.39 is 61.5 Å². The predicted octanol–water partition coefficient (Wildman–Crippen LogP) is 9.13. The Balaban J connectivity index is 1.31. The summed E-state index contributed by atoms with van der Waals surface area (Å²) in [7, 11) is -16.9. The van der Waals surface area contributed by atoms with E-state index in [1.807, 2.05) is 43.9 Å². The lowest BCUT2D eigenvalue weighted by Gasteiger charge is -2.28. The van der Waals surface area contributed by atoms with Crippen molar-refractivity contribution in [3.05, 3.63) is 111 Å². The molecule has 65 heavy (non-hydrogen) atoms. The molecule has 7 rings (SSSR count). The molecule has 2 atom stereocenters. The van der Waals surface area contributed by atoms with Crippen LogP contribution in [-0.4, -0.2) is 87.5 Å². The molecule has 13 nitrogen and oxygen atoms in total. The van der Waals surface area contributed by atoms with Crippen LogP contribution in [0.5, 0.6) is 0 Å². The summed E-state index contributed by atoms with van der Waals surface area (Å²) in [6.07, 6.45) is 7.87. The first-order valence-corrected chi connectivity index (χ1v) is 28.1. The Morgan fingerprint density at radius 1 is 0.723 bits per heavy atom. The second-order valence-corrected chi connectivity index (χ2v) is 26.1. The van der Waals surface area contributed by atoms with Crippen LogP contribution in [0.4, 0.5) is 11.4 Å². The summed E-state index contributed by atoms with van der Waals surface area (Å²) in [4.78, 5) is 2.00. The van der Waals surface area contributed by atoms with Gasteiger partial charge in [-0.25, -0.2) is 8.42 Å². The molecule has 4 aromatic rings. The van der Waals surface area contributed by atoms with Crippen LogP contribution in [0.2, 0.25) is 0 Å². The Labute approximate surface area is 383 Å². The van der Waals surface area contributed by atoms with Gasteiger partial charge in [0.15, 0.2) is 15.5 Å². The molecule has 350 valence electrons. The summed E-state index contributed by atoms with van der Waals surface area (Å²) >= 11 is 0. The van der Waals surface area contributed by atoms with Crippen LogP contribution in [0.25, 0.3) is 21.5 Å². The van der Waals surface area contributed by atoms with Crippen molar-refractivity contribution in [2.45, 2.75) is 120 Å². The van der Waals surface area contributed by atoms with Crippen LogP contribution < -0.4 is 4.90 Å². The number of hydrogen-bond acceptors (Lipinski definition) is 9. The molecule has 2 aliphatic heterocycles. The fourth-order valence-electron chi connectivity index (χ4n) is 10.3. The van der Waals surface area contributed by atoms with E-state index in [-0.39, 0.29) is 29.2 Å². The van der Waals surface area contributed by atoms with Gasteiger partial charge in [-0.2, -0.15) is 29.8 Å². The molecular weight excluding hydrogens is 909 g/mol. The molecule has 0 radical (unpaired) electrons. The van der Waals surface area contributed by atoms with Crippen LogP contribution >= 0.6 is 0 Å². The van der Waals surface area contributed by atoms with Crippen molar-refractivity contribution in [3.8, 4) is 0 Å². The van der Waals surface area contributed by atoms with Crippen molar-refractivity contribution in [1.82, 2.24) is 0 Å². The molecule has 3 aliphatic rings. The summed E-state index contributed by atoms with van der Waals surface area (Å²) in [6.45, 7) is 13.8. The van der Waals surface area contributed by atoms with Crippen LogP contribution in [0.3, 0.4) is 0 Å². The van der Waals surface area contributed by atoms with Crippen molar-refractivity contribution in [2.24, 2.45) is 0 Å². The van der Waals surface area contributed by atoms with Crippen molar-refractivity contribution in [2.75, 3.05) is 24.2 Å². The van der Waals surface area contributed by atoms with Gasteiger partial charge in [-0.05, 0) is 130 Å². The number of hydrogen-bond donors (Lipinski definition) is 3. The molecule has 0 saturated heterocycles. The topological polar surface area (TPSA) is 203 Å². The van der Waals surface area contributed by atoms with E-state index in [1.165, 1.54) is 32.2 Å². The van der Waals surface area contributed by atoms with Crippen LogP contribution in [0, 0.1) is 6.92 Å². The predicted molar refractivity (Wildman–Crippen MR) is 258 cm³/mol. The lowest BCUT2D eigenvalue weighted by atomic mass is 9.77. The monoisotopic (exact) mass is 967 g/mol. The average Bonchev–Trinajstić information content (AvgIpc) is 3.56. The van der Waals surface area contributed by atoms with Crippen LogP contribution in [-0.2, 0) is 51.0 Å². The third-order valence-corrected chi connectivity index (χ3v) is 18.4. The summed E-state index contributed by atoms with van der Waals surface area (Å²) in [5, 5.41) is 1.39. The van der Waals surface area contributed by atoms with E-state index in [0.717, 1.165) is 61.2 Å². The molecule has 3 N–H and O–H groups in total. The first-order valence-electron chi connectivity index (χ1n) is 21.8. The Hall–Kier alpha value is -4.23. The number of allylic oxidation sites excluding steroid dienone is 5. The Bertz CT molecular complexity index is 3240. The molecule has 1 aliphatic carbocycles. The maximum absolute atomic E-state index is 13.9. The number of aryl methyl sites for hydroxylation is 1. The Morgan fingerprint density at radius 3 is 1.98 bits per heavy atom. The largest absolute Gasteiger partial charge is 0.344 e. The molecule has 0 fully saturated rings. The van der Waals surface area contributed by atoms with Gasteiger partial charge in [-0.1, -0.05) is 61.4 Å². The highest BCUT2D eigenvalue weighted by Crippen LogP contribution is 2.52. The number of nitrogens with zero attached hydrogens (tertiary/aromatic N) is 2. The van der Waals surface area contributed by atoms with Crippen LogP contribution in [0.15, 0.2) is 99.5 Å². The molecular formula is C48H59N2O11S4+. The van der Waals surface area contributed by atoms with Gasteiger partial charge in [0.2, 0.25) is 5.69 Å². The van der Waals surface area contributed by atoms with E-state index in [1.54, 1.807) is 12.1 Å². The van der Waals surface area contributed by atoms with Gasteiger partial charge in [0.1, 0.15) is 6.54 Å². The van der Waals surface area contributed by atoms with Gasteiger partial charge in [-0.3, -0.25) is 13.7 Å². The second-order valence-electron chi connectivity index (χ2n) is 19.0. The van der Waals surface area contributed by atoms with Crippen molar-refractivity contribution in [1.29, 1.82) is 0 Å². The molecule has 17 heteroatoms. The Kier molecular flexibility index (Phi) is 12.8. The number of fused-ring (bicyclic) bond motifs is 6. The lowest BCUT2D eigenvalue weighted by Crippen LogP contribution is -2.31. The highest BCUT2D eigenvalue weighted by atomic mass is 32.2. The highest BCUT2D eigenvalue weighted by molar-refractivity contribution is 7.94. The minimum atomic E-state index is -4.48. The van der Waals surface area contributed by atoms with E-state index in [0.29, 0.717) is 49.6 Å². The molecule has 0 spiro atoms.